The number of aryl methyl sites for hydroxylation is 2. The zero-order valence-electron chi connectivity index (χ0n) is 20.2. The lowest BCUT2D eigenvalue weighted by Crippen LogP contribution is -2.47. The molecule has 1 aliphatic heterocycles. The highest BCUT2D eigenvalue weighted by Crippen LogP contribution is 2.28. The summed E-state index contributed by atoms with van der Waals surface area (Å²) < 4.78 is 1.66. The molecule has 0 bridgehead atoms. The molecule has 0 spiro atoms. The van der Waals surface area contributed by atoms with Gasteiger partial charge in [-0.1, -0.05) is 18.2 Å². The summed E-state index contributed by atoms with van der Waals surface area (Å²) in [5.74, 6) is 0.563. The molecule has 8 nitrogen and oxygen atoms in total. The van der Waals surface area contributed by atoms with E-state index in [1.54, 1.807) is 23.8 Å². The van der Waals surface area contributed by atoms with E-state index >= 15 is 0 Å². The summed E-state index contributed by atoms with van der Waals surface area (Å²) in [4.78, 5) is 42.9. The van der Waals surface area contributed by atoms with E-state index in [0.29, 0.717) is 5.69 Å². The third kappa shape index (κ3) is 4.27. The predicted molar refractivity (Wildman–Crippen MR) is 136 cm³/mol. The molecule has 0 radical (unpaired) electrons. The van der Waals surface area contributed by atoms with Gasteiger partial charge in [-0.05, 0) is 50.5 Å². The number of para-hydroxylation sites is 1. The second kappa shape index (κ2) is 9.29. The lowest BCUT2D eigenvalue weighted by molar-refractivity contribution is -0.117. The highest BCUT2D eigenvalue weighted by Gasteiger charge is 2.29. The molecule has 178 valence electrons. The maximum Gasteiger partial charge on any atom is 0.281 e. The lowest BCUT2D eigenvalue weighted by atomic mass is 10.0. The first-order valence-electron chi connectivity index (χ1n) is 11.8. The van der Waals surface area contributed by atoms with Crippen LogP contribution in [0.25, 0.3) is 10.9 Å². The molecule has 4 heterocycles. The van der Waals surface area contributed by atoms with Gasteiger partial charge in [0.05, 0.1) is 16.9 Å². The van der Waals surface area contributed by atoms with Gasteiger partial charge in [-0.2, -0.15) is 0 Å². The number of fused-ring (bicyclic) bond motifs is 1. The molecule has 0 atom stereocenters. The fourth-order valence-corrected chi connectivity index (χ4v) is 4.99. The van der Waals surface area contributed by atoms with Crippen LogP contribution in [0.2, 0.25) is 0 Å². The van der Waals surface area contributed by atoms with Gasteiger partial charge in [0.25, 0.3) is 5.91 Å². The van der Waals surface area contributed by atoms with Gasteiger partial charge in [0.15, 0.2) is 0 Å². The Kier molecular flexibility index (Phi) is 6.03. The molecule has 4 aromatic rings. The van der Waals surface area contributed by atoms with Crippen LogP contribution < -0.4 is 9.80 Å². The fourth-order valence-electron chi connectivity index (χ4n) is 4.99. The van der Waals surface area contributed by atoms with Crippen molar-refractivity contribution in [2.75, 3.05) is 22.9 Å². The monoisotopic (exact) mass is 468 g/mol. The van der Waals surface area contributed by atoms with Crippen molar-refractivity contribution in [1.82, 2.24) is 19.5 Å². The number of carbonyl (C=O) groups is 2. The molecule has 0 saturated carbocycles. The van der Waals surface area contributed by atoms with Crippen molar-refractivity contribution in [1.29, 1.82) is 0 Å². The number of piperidine rings is 1. The summed E-state index contributed by atoms with van der Waals surface area (Å²) in [6.45, 7) is 6.98. The van der Waals surface area contributed by atoms with E-state index in [1.807, 2.05) is 61.3 Å². The molecule has 0 N–H and O–H groups in total. The standard InChI is InChI=1S/C27H28N6O2/c1-18-16-32(25-8-5-4-7-22(18)25)27(35)23-15-26(30-17-29-23)31-13-10-21(11-14-31)33(20(3)34)24-9-6-12-28-19(24)2/h4-9,12,15-17,21H,10-11,13-14H2,1-3H3. The summed E-state index contributed by atoms with van der Waals surface area (Å²) in [6, 6.07) is 13.5. The summed E-state index contributed by atoms with van der Waals surface area (Å²) in [7, 11) is 0. The van der Waals surface area contributed by atoms with Gasteiger partial charge in [0.2, 0.25) is 5.91 Å². The lowest BCUT2D eigenvalue weighted by Gasteiger charge is -2.39. The number of benzene rings is 1. The quantitative estimate of drug-likeness (QED) is 0.447. The average Bonchev–Trinajstić information content (AvgIpc) is 3.22. The molecule has 1 aromatic carbocycles. The molecule has 1 amide bonds. The van der Waals surface area contributed by atoms with Crippen molar-refractivity contribution < 1.29 is 9.59 Å². The number of anilines is 2. The molecular weight excluding hydrogens is 440 g/mol. The van der Waals surface area contributed by atoms with Gasteiger partial charge in [-0.25, -0.2) is 9.97 Å². The number of carbonyl (C=O) groups excluding carboxylic acids is 2. The zero-order valence-corrected chi connectivity index (χ0v) is 20.2. The molecule has 1 fully saturated rings. The summed E-state index contributed by atoms with van der Waals surface area (Å²) in [6.07, 6.45) is 6.64. The van der Waals surface area contributed by atoms with Crippen molar-refractivity contribution in [2.24, 2.45) is 0 Å². The van der Waals surface area contributed by atoms with Crippen molar-refractivity contribution >= 4 is 34.2 Å². The number of nitrogens with zero attached hydrogens (tertiary/aromatic N) is 6. The molecule has 3 aromatic heterocycles. The van der Waals surface area contributed by atoms with Crippen molar-refractivity contribution in [3.8, 4) is 0 Å². The van der Waals surface area contributed by atoms with Crippen LogP contribution in [0.3, 0.4) is 0 Å². The first kappa shape index (κ1) is 22.7. The van der Waals surface area contributed by atoms with Crippen LogP contribution in [0.5, 0.6) is 0 Å². The third-order valence-corrected chi connectivity index (χ3v) is 6.73. The van der Waals surface area contributed by atoms with Crippen molar-refractivity contribution in [3.63, 3.8) is 0 Å². The topological polar surface area (TPSA) is 84.2 Å². The zero-order chi connectivity index (χ0) is 24.5. The first-order valence-corrected chi connectivity index (χ1v) is 11.8. The number of aromatic nitrogens is 4. The number of hydrogen-bond acceptors (Lipinski definition) is 6. The molecule has 8 heteroatoms. The highest BCUT2D eigenvalue weighted by atomic mass is 16.2. The van der Waals surface area contributed by atoms with Crippen LogP contribution in [0.4, 0.5) is 11.5 Å². The Hall–Kier alpha value is -4.07. The smallest absolute Gasteiger partial charge is 0.281 e. The second-order valence-corrected chi connectivity index (χ2v) is 8.98. The Bertz CT molecular complexity index is 1400. The van der Waals surface area contributed by atoms with Crippen LogP contribution in [-0.2, 0) is 4.79 Å². The Morgan fingerprint density at radius 2 is 1.77 bits per heavy atom. The Labute approximate surface area is 204 Å². The molecule has 1 saturated heterocycles. The molecule has 1 aliphatic rings. The Morgan fingerprint density at radius 1 is 1.00 bits per heavy atom. The first-order chi connectivity index (χ1) is 16.9. The van der Waals surface area contributed by atoms with Crippen LogP contribution in [0.15, 0.2) is 61.2 Å². The van der Waals surface area contributed by atoms with E-state index in [2.05, 4.69) is 19.9 Å². The summed E-state index contributed by atoms with van der Waals surface area (Å²) in [5, 5.41) is 1.05. The maximum absolute atomic E-state index is 13.3. The summed E-state index contributed by atoms with van der Waals surface area (Å²) in [5.41, 5.74) is 3.98. The number of pyridine rings is 1. The Morgan fingerprint density at radius 3 is 2.51 bits per heavy atom. The van der Waals surface area contributed by atoms with E-state index in [4.69, 9.17) is 0 Å². The minimum atomic E-state index is -0.178. The van der Waals surface area contributed by atoms with E-state index < -0.39 is 0 Å². The Balaban J connectivity index is 1.34. The van der Waals surface area contributed by atoms with Crippen molar-refractivity contribution in [2.45, 2.75) is 39.7 Å². The van der Waals surface area contributed by atoms with Gasteiger partial charge in [0, 0.05) is 49.9 Å². The minimum Gasteiger partial charge on any atom is -0.356 e. The molecule has 35 heavy (non-hydrogen) atoms. The van der Waals surface area contributed by atoms with Crippen molar-refractivity contribution in [3.05, 3.63) is 78.1 Å². The van der Waals surface area contributed by atoms with Gasteiger partial charge in [-0.15, -0.1) is 0 Å². The number of amides is 1. The van der Waals surface area contributed by atoms with Crippen LogP contribution >= 0.6 is 0 Å². The third-order valence-electron chi connectivity index (χ3n) is 6.73. The van der Waals surface area contributed by atoms with E-state index in [0.717, 1.165) is 59.6 Å². The minimum absolute atomic E-state index is 0.0173. The number of hydrogen-bond donors (Lipinski definition) is 0. The van der Waals surface area contributed by atoms with E-state index in [1.165, 1.54) is 6.33 Å². The van der Waals surface area contributed by atoms with Gasteiger partial charge < -0.3 is 9.80 Å². The number of rotatable bonds is 4. The van der Waals surface area contributed by atoms with Gasteiger partial charge >= 0.3 is 0 Å². The average molecular weight is 469 g/mol. The molecule has 5 rings (SSSR count). The second-order valence-electron chi connectivity index (χ2n) is 8.98. The maximum atomic E-state index is 13.3. The van der Waals surface area contributed by atoms with E-state index in [-0.39, 0.29) is 17.9 Å². The SMILES string of the molecule is CC(=O)N(c1cccnc1C)C1CCN(c2cc(C(=O)n3cc(C)c4ccccc43)ncn2)CC1. The molecule has 0 unspecified atom stereocenters. The highest BCUT2D eigenvalue weighted by molar-refractivity contribution is 6.02. The molecule has 0 aliphatic carbocycles. The van der Waals surface area contributed by atoms with Crippen LogP contribution in [-0.4, -0.2) is 50.5 Å². The van der Waals surface area contributed by atoms with Crippen LogP contribution in [0, 0.1) is 13.8 Å². The van der Waals surface area contributed by atoms with Crippen LogP contribution in [0.1, 0.15) is 41.5 Å². The van der Waals surface area contributed by atoms with E-state index in [9.17, 15) is 9.59 Å². The fraction of sp³-hybridized carbons (Fsp3) is 0.296. The predicted octanol–water partition coefficient (Wildman–Crippen LogP) is 4.15. The summed E-state index contributed by atoms with van der Waals surface area (Å²) >= 11 is 0. The largest absolute Gasteiger partial charge is 0.356 e. The van der Waals surface area contributed by atoms with Gasteiger partial charge in [-0.3, -0.25) is 19.1 Å². The molecular formula is C27H28N6O2. The normalized spacial score (nSPS) is 14.3. The van der Waals surface area contributed by atoms with Gasteiger partial charge in [0.1, 0.15) is 17.8 Å².